The van der Waals surface area contributed by atoms with Crippen LogP contribution in [-0.4, -0.2) is 33.3 Å². The third-order valence-electron chi connectivity index (χ3n) is 4.27. The summed E-state index contributed by atoms with van der Waals surface area (Å²) in [5.41, 5.74) is 7.85. The fourth-order valence-electron chi connectivity index (χ4n) is 2.95. The summed E-state index contributed by atoms with van der Waals surface area (Å²) in [7, 11) is 0. The molecule has 3 rings (SSSR count). The number of amides is 1. The predicted octanol–water partition coefficient (Wildman–Crippen LogP) is 4.43. The molecule has 0 aromatic carbocycles. The lowest BCUT2D eigenvalue weighted by Crippen LogP contribution is -2.43. The minimum absolute atomic E-state index is 0.0319. The summed E-state index contributed by atoms with van der Waals surface area (Å²) in [6, 6.07) is 3.82. The van der Waals surface area contributed by atoms with Crippen molar-refractivity contribution in [2.24, 2.45) is 10.7 Å². The van der Waals surface area contributed by atoms with E-state index in [0.29, 0.717) is 29.3 Å². The van der Waals surface area contributed by atoms with Gasteiger partial charge in [-0.05, 0) is 67.8 Å². The third-order valence-corrected chi connectivity index (χ3v) is 5.47. The minimum Gasteiger partial charge on any atom is -0.366 e. The van der Waals surface area contributed by atoms with Crippen LogP contribution in [0.2, 0.25) is 0 Å². The molecule has 0 aliphatic heterocycles. The highest BCUT2D eigenvalue weighted by molar-refractivity contribution is 9.10. The number of hydrogen-bond acceptors (Lipinski definition) is 6. The summed E-state index contributed by atoms with van der Waals surface area (Å²) in [6.07, 6.45) is 4.76. The molecule has 1 aliphatic carbocycles. The van der Waals surface area contributed by atoms with Crippen LogP contribution >= 0.6 is 27.3 Å². The molecule has 0 fully saturated rings. The summed E-state index contributed by atoms with van der Waals surface area (Å²) in [5, 5.41) is 2.54. The maximum atomic E-state index is 11.6. The molecule has 0 radical (unpaired) electrons. The number of aromatic nitrogens is 2. The van der Waals surface area contributed by atoms with Crippen molar-refractivity contribution in [3.63, 3.8) is 0 Å². The van der Waals surface area contributed by atoms with E-state index in [2.05, 4.69) is 25.9 Å². The van der Waals surface area contributed by atoms with Crippen LogP contribution in [0.4, 0.5) is 5.13 Å². The molecule has 6 nitrogen and oxygen atoms in total. The van der Waals surface area contributed by atoms with E-state index in [1.165, 1.54) is 11.3 Å². The molecular weight excluding hydrogens is 428 g/mol. The van der Waals surface area contributed by atoms with E-state index >= 15 is 0 Å². The van der Waals surface area contributed by atoms with Gasteiger partial charge in [-0.2, -0.15) is 0 Å². The third kappa shape index (κ3) is 4.69. The van der Waals surface area contributed by atoms with Crippen LogP contribution in [0.3, 0.4) is 0 Å². The lowest BCUT2D eigenvalue weighted by molar-refractivity contribution is -0.114. The average Bonchev–Trinajstić information content (AvgIpc) is 3.05. The summed E-state index contributed by atoms with van der Waals surface area (Å²) in [6.45, 7) is 5.96. The van der Waals surface area contributed by atoms with Crippen molar-refractivity contribution >= 4 is 44.0 Å². The van der Waals surface area contributed by atoms with Crippen LogP contribution in [-0.2, 0) is 9.53 Å². The Hall–Kier alpha value is -1.90. The number of ether oxygens (including phenoxy) is 1. The standard InChI is InChI=1S/C19H21BrN4O2S/c1-11(2)26-19(3)7-6-12(17(21)25)8-15(19)24-18-23-14(10-27-18)13-4-5-16(20)22-9-13/h4-5,8-11H,6-7H2,1-3H3,(H2,21,25). The first kappa shape index (κ1) is 19.9. The van der Waals surface area contributed by atoms with Crippen LogP contribution < -0.4 is 5.73 Å². The zero-order valence-electron chi connectivity index (χ0n) is 15.4. The van der Waals surface area contributed by atoms with E-state index in [0.717, 1.165) is 15.9 Å². The zero-order valence-corrected chi connectivity index (χ0v) is 17.8. The first-order chi connectivity index (χ1) is 12.8. The molecule has 1 amide bonds. The van der Waals surface area contributed by atoms with Gasteiger partial charge in [0.1, 0.15) is 10.2 Å². The molecule has 2 aromatic rings. The van der Waals surface area contributed by atoms with Crippen LogP contribution in [0.1, 0.15) is 33.6 Å². The number of carbonyl (C=O) groups excluding carboxylic acids is 1. The van der Waals surface area contributed by atoms with Gasteiger partial charge in [-0.3, -0.25) is 4.79 Å². The second kappa shape index (κ2) is 8.00. The fourth-order valence-corrected chi connectivity index (χ4v) is 3.90. The molecule has 2 N–H and O–H groups in total. The Labute approximate surface area is 170 Å². The van der Waals surface area contributed by atoms with Crippen molar-refractivity contribution in [2.75, 3.05) is 0 Å². The normalized spacial score (nSPS) is 21.5. The van der Waals surface area contributed by atoms with Crippen molar-refractivity contribution < 1.29 is 9.53 Å². The minimum atomic E-state index is -0.585. The number of carbonyl (C=O) groups is 1. The molecule has 2 aromatic heterocycles. The molecule has 1 aliphatic rings. The Morgan fingerprint density at radius 2 is 2.22 bits per heavy atom. The number of thiazole rings is 1. The number of nitrogens with two attached hydrogens (primary N) is 1. The molecule has 0 saturated heterocycles. The largest absolute Gasteiger partial charge is 0.366 e. The monoisotopic (exact) mass is 448 g/mol. The van der Waals surface area contributed by atoms with Gasteiger partial charge in [0.15, 0.2) is 0 Å². The summed E-state index contributed by atoms with van der Waals surface area (Å²) < 4.78 is 6.90. The second-order valence-corrected chi connectivity index (χ2v) is 8.46. The Kier molecular flexibility index (Phi) is 5.88. The highest BCUT2D eigenvalue weighted by Crippen LogP contribution is 2.33. The SMILES string of the molecule is CC(C)OC1(C)CCC(C(N)=O)=CC1=Nc1nc(-c2ccc(Br)nc2)cs1. The molecule has 0 spiro atoms. The Balaban J connectivity index is 1.97. The van der Waals surface area contributed by atoms with Gasteiger partial charge in [-0.1, -0.05) is 0 Å². The van der Waals surface area contributed by atoms with Crippen LogP contribution in [0.25, 0.3) is 11.3 Å². The summed E-state index contributed by atoms with van der Waals surface area (Å²) in [4.78, 5) is 25.2. The van der Waals surface area contributed by atoms with Crippen LogP contribution in [0.5, 0.6) is 0 Å². The lowest BCUT2D eigenvalue weighted by Gasteiger charge is -2.35. The van der Waals surface area contributed by atoms with Crippen molar-refractivity contribution in [2.45, 2.75) is 45.3 Å². The number of primary amides is 1. The molecule has 2 heterocycles. The number of pyridine rings is 1. The number of halogens is 1. The number of hydrogen-bond donors (Lipinski definition) is 1. The average molecular weight is 449 g/mol. The second-order valence-electron chi connectivity index (χ2n) is 6.81. The molecule has 27 heavy (non-hydrogen) atoms. The number of nitrogens with zero attached hydrogens (tertiary/aromatic N) is 3. The highest BCUT2D eigenvalue weighted by atomic mass is 79.9. The van der Waals surface area contributed by atoms with Gasteiger partial charge < -0.3 is 10.5 Å². The maximum absolute atomic E-state index is 11.6. The number of aliphatic imine (C=N–C) groups is 1. The van der Waals surface area contributed by atoms with Gasteiger partial charge in [0.05, 0.1) is 17.5 Å². The van der Waals surface area contributed by atoms with Crippen molar-refractivity contribution in [1.82, 2.24) is 9.97 Å². The molecule has 142 valence electrons. The molecule has 1 unspecified atom stereocenters. The lowest BCUT2D eigenvalue weighted by atomic mass is 9.84. The van der Waals surface area contributed by atoms with Gasteiger partial charge in [-0.25, -0.2) is 15.0 Å². The van der Waals surface area contributed by atoms with E-state index in [1.807, 2.05) is 38.3 Å². The van der Waals surface area contributed by atoms with Gasteiger partial charge in [0, 0.05) is 22.7 Å². The Morgan fingerprint density at radius 1 is 1.44 bits per heavy atom. The zero-order chi connectivity index (χ0) is 19.6. The predicted molar refractivity (Wildman–Crippen MR) is 111 cm³/mol. The first-order valence-corrected chi connectivity index (χ1v) is 10.3. The van der Waals surface area contributed by atoms with E-state index in [4.69, 9.17) is 15.5 Å². The first-order valence-electron chi connectivity index (χ1n) is 8.61. The maximum Gasteiger partial charge on any atom is 0.244 e. The van der Waals surface area contributed by atoms with E-state index < -0.39 is 11.5 Å². The van der Waals surface area contributed by atoms with Crippen LogP contribution in [0.15, 0.2) is 45.0 Å². The van der Waals surface area contributed by atoms with E-state index in [9.17, 15) is 4.79 Å². The molecule has 0 bridgehead atoms. The van der Waals surface area contributed by atoms with Crippen LogP contribution in [0, 0.1) is 0 Å². The van der Waals surface area contributed by atoms with Gasteiger partial charge in [0.25, 0.3) is 0 Å². The Morgan fingerprint density at radius 3 is 2.85 bits per heavy atom. The fraction of sp³-hybridized carbons (Fsp3) is 0.368. The van der Waals surface area contributed by atoms with Gasteiger partial charge in [-0.15, -0.1) is 11.3 Å². The molecule has 1 atom stereocenters. The highest BCUT2D eigenvalue weighted by Gasteiger charge is 2.36. The van der Waals surface area contributed by atoms with E-state index in [-0.39, 0.29) is 6.10 Å². The molecule has 0 saturated carbocycles. The number of rotatable bonds is 5. The van der Waals surface area contributed by atoms with Crippen molar-refractivity contribution in [1.29, 1.82) is 0 Å². The molecular formula is C19H21BrN4O2S. The van der Waals surface area contributed by atoms with Gasteiger partial charge in [0.2, 0.25) is 11.0 Å². The summed E-state index contributed by atoms with van der Waals surface area (Å²) in [5.74, 6) is -0.421. The van der Waals surface area contributed by atoms with Gasteiger partial charge >= 0.3 is 0 Å². The topological polar surface area (TPSA) is 90.5 Å². The molecule has 8 heteroatoms. The van der Waals surface area contributed by atoms with E-state index in [1.54, 1.807) is 12.3 Å². The summed E-state index contributed by atoms with van der Waals surface area (Å²) >= 11 is 4.76. The van der Waals surface area contributed by atoms with Crippen molar-refractivity contribution in [3.05, 3.63) is 40.0 Å². The smallest absolute Gasteiger partial charge is 0.244 e. The Bertz CT molecular complexity index is 905. The van der Waals surface area contributed by atoms with Crippen molar-refractivity contribution in [3.8, 4) is 11.3 Å². The quantitative estimate of drug-likeness (QED) is 0.684.